The molecule has 1 aliphatic carbocycles. The van der Waals surface area contributed by atoms with Crippen LogP contribution in [0.4, 0.5) is 10.5 Å². The summed E-state index contributed by atoms with van der Waals surface area (Å²) in [5, 5.41) is 6.22. The molecule has 3 unspecified atom stereocenters. The summed E-state index contributed by atoms with van der Waals surface area (Å²) in [6, 6.07) is 11.2. The smallest absolute Gasteiger partial charge is 0.408 e. The maximum absolute atomic E-state index is 14.2. The van der Waals surface area contributed by atoms with Crippen LogP contribution in [-0.2, 0) is 14.3 Å². The van der Waals surface area contributed by atoms with Crippen LogP contribution >= 0.6 is 11.6 Å². The maximum atomic E-state index is 14.2. The Morgan fingerprint density at radius 2 is 1.71 bits per heavy atom. The van der Waals surface area contributed by atoms with E-state index in [1.54, 1.807) is 31.7 Å². The number of para-hydroxylation sites is 1. The minimum Gasteiger partial charge on any atom is -0.444 e. The van der Waals surface area contributed by atoms with Crippen molar-refractivity contribution in [1.82, 2.24) is 10.2 Å². The van der Waals surface area contributed by atoms with Gasteiger partial charge in [-0.2, -0.15) is 0 Å². The van der Waals surface area contributed by atoms with Crippen LogP contribution in [-0.4, -0.2) is 40.5 Å². The highest BCUT2D eigenvalue weighted by atomic mass is 35.5. The molecule has 1 fully saturated rings. The van der Waals surface area contributed by atoms with Crippen LogP contribution in [0.25, 0.3) is 0 Å². The quantitative estimate of drug-likeness (QED) is 0.376. The molecular weight excluding hydrogens is 502 g/mol. The highest BCUT2D eigenvalue weighted by Gasteiger charge is 2.45. The Balaban J connectivity index is 2.02. The number of nitrogens with zero attached hydrogens (tertiary/aromatic N) is 1. The number of amides is 3. The van der Waals surface area contributed by atoms with Gasteiger partial charge in [0.15, 0.2) is 0 Å². The standard InChI is InChI=1S/C30H40ClN3O4/c1-8-19(3)25(33-29(37)38-30(5,6)7)28(36)34(22-16-17-22)26(21-14-12-18(2)13-15-21)27(35)32-24-20(4)10-9-11-23(24)31/h9-15,19,22,25-26H,8,16-17H2,1-7H3,(H,32,35)(H,33,37). The lowest BCUT2D eigenvalue weighted by Gasteiger charge is -2.36. The zero-order valence-corrected chi connectivity index (χ0v) is 24.2. The molecule has 8 heteroatoms. The molecule has 38 heavy (non-hydrogen) atoms. The molecule has 0 saturated heterocycles. The van der Waals surface area contributed by atoms with Crippen molar-refractivity contribution in [3.05, 3.63) is 64.2 Å². The summed E-state index contributed by atoms with van der Waals surface area (Å²) in [6.07, 6.45) is 1.57. The van der Waals surface area contributed by atoms with Gasteiger partial charge in [0.05, 0.1) is 10.7 Å². The molecule has 7 nitrogen and oxygen atoms in total. The number of alkyl carbamates (subject to hydrolysis) is 1. The third-order valence-corrected chi connectivity index (χ3v) is 7.05. The monoisotopic (exact) mass is 541 g/mol. The number of nitrogens with one attached hydrogen (secondary N) is 2. The van der Waals surface area contributed by atoms with E-state index in [1.165, 1.54) is 0 Å². The lowest BCUT2D eigenvalue weighted by molar-refractivity contribution is -0.142. The fourth-order valence-electron chi connectivity index (χ4n) is 4.32. The molecular formula is C30H40ClN3O4. The van der Waals surface area contributed by atoms with Gasteiger partial charge in [-0.3, -0.25) is 9.59 Å². The van der Waals surface area contributed by atoms with Crippen LogP contribution in [0.3, 0.4) is 0 Å². The van der Waals surface area contributed by atoms with Crippen molar-refractivity contribution in [1.29, 1.82) is 0 Å². The summed E-state index contributed by atoms with van der Waals surface area (Å²) >= 11 is 6.43. The van der Waals surface area contributed by atoms with Crippen molar-refractivity contribution in [2.75, 3.05) is 5.32 Å². The predicted octanol–water partition coefficient (Wildman–Crippen LogP) is 6.57. The van der Waals surface area contributed by atoms with E-state index in [-0.39, 0.29) is 23.8 Å². The highest BCUT2D eigenvalue weighted by molar-refractivity contribution is 6.34. The van der Waals surface area contributed by atoms with E-state index < -0.39 is 23.8 Å². The average molecular weight is 542 g/mol. The SMILES string of the molecule is CCC(C)C(NC(=O)OC(C)(C)C)C(=O)N(C1CC1)C(C(=O)Nc1c(C)cccc1Cl)c1ccc(C)cc1. The fourth-order valence-corrected chi connectivity index (χ4v) is 4.59. The Kier molecular flexibility index (Phi) is 9.47. The van der Waals surface area contributed by atoms with Crippen LogP contribution < -0.4 is 10.6 Å². The van der Waals surface area contributed by atoms with Gasteiger partial charge in [0.25, 0.3) is 5.91 Å². The molecule has 2 aromatic rings. The van der Waals surface area contributed by atoms with Gasteiger partial charge >= 0.3 is 6.09 Å². The van der Waals surface area contributed by atoms with E-state index in [0.717, 1.165) is 24.0 Å². The summed E-state index contributed by atoms with van der Waals surface area (Å²) in [4.78, 5) is 42.6. The zero-order valence-electron chi connectivity index (χ0n) is 23.4. The van der Waals surface area contributed by atoms with Gasteiger partial charge < -0.3 is 20.3 Å². The molecule has 0 aliphatic heterocycles. The number of hydrogen-bond acceptors (Lipinski definition) is 4. The normalized spacial score (nSPS) is 15.7. The van der Waals surface area contributed by atoms with Crippen molar-refractivity contribution < 1.29 is 19.1 Å². The second-order valence-electron chi connectivity index (χ2n) is 11.2. The largest absolute Gasteiger partial charge is 0.444 e. The van der Waals surface area contributed by atoms with Crippen molar-refractivity contribution in [3.8, 4) is 0 Å². The lowest BCUT2D eigenvalue weighted by atomic mass is 9.95. The van der Waals surface area contributed by atoms with Gasteiger partial charge in [0.1, 0.15) is 17.7 Å². The predicted molar refractivity (Wildman–Crippen MR) is 151 cm³/mol. The Morgan fingerprint density at radius 3 is 2.24 bits per heavy atom. The molecule has 0 heterocycles. The first-order chi connectivity index (χ1) is 17.8. The zero-order chi connectivity index (χ0) is 28.2. The fraction of sp³-hybridized carbons (Fsp3) is 0.500. The number of hydrogen-bond donors (Lipinski definition) is 2. The van der Waals surface area contributed by atoms with Crippen molar-refractivity contribution in [2.24, 2.45) is 5.92 Å². The molecule has 3 amide bonds. The number of ether oxygens (including phenoxy) is 1. The van der Waals surface area contributed by atoms with E-state index in [0.29, 0.717) is 22.7 Å². The lowest BCUT2D eigenvalue weighted by Crippen LogP contribution is -2.55. The van der Waals surface area contributed by atoms with E-state index >= 15 is 0 Å². The summed E-state index contributed by atoms with van der Waals surface area (Å²) in [7, 11) is 0. The molecule has 206 valence electrons. The van der Waals surface area contributed by atoms with Crippen LogP contribution in [0.5, 0.6) is 0 Å². The molecule has 1 aliphatic rings. The van der Waals surface area contributed by atoms with Crippen LogP contribution in [0.1, 0.15) is 76.6 Å². The van der Waals surface area contributed by atoms with Gasteiger partial charge in [-0.25, -0.2) is 4.79 Å². The van der Waals surface area contributed by atoms with Gasteiger partial charge in [-0.15, -0.1) is 0 Å². The average Bonchev–Trinajstić information content (AvgIpc) is 3.67. The minimum absolute atomic E-state index is 0.112. The van der Waals surface area contributed by atoms with Crippen LogP contribution in [0.2, 0.25) is 5.02 Å². The maximum Gasteiger partial charge on any atom is 0.408 e. The number of halogens is 1. The number of rotatable bonds is 9. The summed E-state index contributed by atoms with van der Waals surface area (Å²) in [5.74, 6) is -0.835. The van der Waals surface area contributed by atoms with Crippen molar-refractivity contribution in [3.63, 3.8) is 0 Å². The second kappa shape index (κ2) is 12.2. The second-order valence-corrected chi connectivity index (χ2v) is 11.6. The van der Waals surface area contributed by atoms with E-state index in [1.807, 2.05) is 64.1 Å². The minimum atomic E-state index is -0.904. The summed E-state index contributed by atoms with van der Waals surface area (Å²) in [5.41, 5.74) is 2.37. The van der Waals surface area contributed by atoms with Gasteiger partial charge in [-0.1, -0.05) is 73.8 Å². The number of anilines is 1. The molecule has 2 aromatic carbocycles. The van der Waals surface area contributed by atoms with Gasteiger partial charge in [0, 0.05) is 6.04 Å². The third-order valence-electron chi connectivity index (χ3n) is 6.74. The number of aryl methyl sites for hydroxylation is 2. The highest BCUT2D eigenvalue weighted by Crippen LogP contribution is 2.37. The number of benzene rings is 2. The first kappa shape index (κ1) is 29.5. The summed E-state index contributed by atoms with van der Waals surface area (Å²) in [6.45, 7) is 13.1. The molecule has 2 N–H and O–H groups in total. The molecule has 0 spiro atoms. The first-order valence-electron chi connectivity index (χ1n) is 13.3. The molecule has 0 radical (unpaired) electrons. The molecule has 1 saturated carbocycles. The van der Waals surface area contributed by atoms with E-state index in [2.05, 4.69) is 10.6 Å². The molecule has 3 atom stereocenters. The van der Waals surface area contributed by atoms with Crippen molar-refractivity contribution in [2.45, 2.75) is 91.5 Å². The summed E-state index contributed by atoms with van der Waals surface area (Å²) < 4.78 is 5.47. The topological polar surface area (TPSA) is 87.7 Å². The van der Waals surface area contributed by atoms with E-state index in [9.17, 15) is 14.4 Å². The van der Waals surface area contributed by atoms with Crippen LogP contribution in [0.15, 0.2) is 42.5 Å². The first-order valence-corrected chi connectivity index (χ1v) is 13.6. The van der Waals surface area contributed by atoms with Gasteiger partial charge in [-0.05, 0) is 70.6 Å². The van der Waals surface area contributed by atoms with Crippen LogP contribution in [0, 0.1) is 19.8 Å². The van der Waals surface area contributed by atoms with E-state index in [4.69, 9.17) is 16.3 Å². The Labute approximate surface area is 231 Å². The van der Waals surface area contributed by atoms with Gasteiger partial charge in [0.2, 0.25) is 5.91 Å². The third kappa shape index (κ3) is 7.50. The Bertz CT molecular complexity index is 1130. The molecule has 0 aromatic heterocycles. The Morgan fingerprint density at radius 1 is 1.08 bits per heavy atom. The number of carbonyl (C=O) groups excluding carboxylic acids is 3. The van der Waals surface area contributed by atoms with Crippen molar-refractivity contribution >= 4 is 35.2 Å². The number of carbonyl (C=O) groups is 3. The molecule has 3 rings (SSSR count). The Hall–Kier alpha value is -3.06. The molecule has 0 bridgehead atoms.